The molecule has 1 atom stereocenters. The van der Waals surface area contributed by atoms with E-state index in [0.717, 1.165) is 16.5 Å². The van der Waals surface area contributed by atoms with Crippen molar-refractivity contribution in [2.75, 3.05) is 13.2 Å². The number of benzene rings is 1. The molecular formula is C20H18N2O5S. The number of thiazole rings is 1. The van der Waals surface area contributed by atoms with E-state index >= 15 is 0 Å². The Morgan fingerprint density at radius 1 is 1.29 bits per heavy atom. The third-order valence-corrected chi connectivity index (χ3v) is 5.22. The van der Waals surface area contributed by atoms with Crippen LogP contribution >= 0.6 is 11.3 Å². The van der Waals surface area contributed by atoms with Crippen LogP contribution in [0.4, 0.5) is 0 Å². The lowest BCUT2D eigenvalue weighted by atomic mass is 10.1. The minimum Gasteiger partial charge on any atom is -0.485 e. The number of fused-ring (bicyclic) bond motifs is 1. The van der Waals surface area contributed by atoms with Gasteiger partial charge in [-0.3, -0.25) is 9.36 Å². The molecule has 2 aromatic heterocycles. The second kappa shape index (κ2) is 7.47. The molecule has 144 valence electrons. The van der Waals surface area contributed by atoms with Gasteiger partial charge in [-0.05, 0) is 32.0 Å². The van der Waals surface area contributed by atoms with Crippen LogP contribution in [-0.4, -0.2) is 40.6 Å². The van der Waals surface area contributed by atoms with E-state index in [1.807, 2.05) is 29.9 Å². The van der Waals surface area contributed by atoms with Gasteiger partial charge in [0.1, 0.15) is 6.61 Å². The first-order valence-corrected chi connectivity index (χ1v) is 9.59. The summed E-state index contributed by atoms with van der Waals surface area (Å²) in [5.41, 5.74) is 2.16. The van der Waals surface area contributed by atoms with Crippen LogP contribution in [-0.2, 0) is 9.53 Å². The summed E-state index contributed by atoms with van der Waals surface area (Å²) >= 11 is 1.49. The average Bonchev–Trinajstić information content (AvgIpc) is 3.33. The predicted molar refractivity (Wildman–Crippen MR) is 103 cm³/mol. The molecule has 1 aliphatic heterocycles. The van der Waals surface area contributed by atoms with Gasteiger partial charge in [-0.25, -0.2) is 9.78 Å². The zero-order valence-electron chi connectivity index (χ0n) is 15.4. The van der Waals surface area contributed by atoms with Gasteiger partial charge in [0, 0.05) is 28.5 Å². The van der Waals surface area contributed by atoms with Crippen molar-refractivity contribution in [1.29, 1.82) is 0 Å². The van der Waals surface area contributed by atoms with Crippen LogP contribution in [0.25, 0.3) is 5.13 Å². The Kier molecular flexibility index (Phi) is 4.87. The molecule has 28 heavy (non-hydrogen) atoms. The Hall–Kier alpha value is -3.13. The van der Waals surface area contributed by atoms with E-state index in [0.29, 0.717) is 17.1 Å². The van der Waals surface area contributed by atoms with E-state index in [-0.39, 0.29) is 19.0 Å². The van der Waals surface area contributed by atoms with Crippen molar-refractivity contribution >= 4 is 23.1 Å². The zero-order chi connectivity index (χ0) is 19.7. The Bertz CT molecular complexity index is 1030. The molecule has 1 aromatic carbocycles. The first-order valence-electron chi connectivity index (χ1n) is 8.71. The number of ketones is 1. The molecule has 0 spiro atoms. The highest BCUT2D eigenvalue weighted by atomic mass is 32.1. The number of para-hydroxylation sites is 2. The summed E-state index contributed by atoms with van der Waals surface area (Å²) in [4.78, 5) is 29.2. The van der Waals surface area contributed by atoms with Crippen molar-refractivity contribution in [3.05, 3.63) is 58.9 Å². The molecule has 8 heteroatoms. The normalized spacial score (nSPS) is 15.3. The van der Waals surface area contributed by atoms with Crippen LogP contribution in [0.5, 0.6) is 11.5 Å². The summed E-state index contributed by atoms with van der Waals surface area (Å²) in [5, 5.41) is 2.67. The molecule has 1 aliphatic rings. The maximum atomic E-state index is 12.6. The number of aromatic nitrogens is 2. The Morgan fingerprint density at radius 2 is 2.07 bits per heavy atom. The summed E-state index contributed by atoms with van der Waals surface area (Å²) < 4.78 is 18.2. The van der Waals surface area contributed by atoms with Gasteiger partial charge in [-0.2, -0.15) is 0 Å². The molecule has 3 heterocycles. The lowest BCUT2D eigenvalue weighted by molar-refractivity contribution is -0.153. The van der Waals surface area contributed by atoms with Crippen molar-refractivity contribution in [2.45, 2.75) is 20.0 Å². The van der Waals surface area contributed by atoms with Crippen LogP contribution in [0.15, 0.2) is 41.9 Å². The van der Waals surface area contributed by atoms with E-state index in [4.69, 9.17) is 14.2 Å². The Balaban J connectivity index is 1.41. The predicted octanol–water partition coefficient (Wildman–Crippen LogP) is 3.12. The Labute approximate surface area is 165 Å². The number of ether oxygens (including phenoxy) is 3. The van der Waals surface area contributed by atoms with Crippen molar-refractivity contribution in [3.8, 4) is 16.6 Å². The molecule has 0 saturated heterocycles. The lowest BCUT2D eigenvalue weighted by Crippen LogP contribution is -2.38. The highest BCUT2D eigenvalue weighted by molar-refractivity contribution is 7.12. The topological polar surface area (TPSA) is 79.7 Å². The molecule has 4 rings (SSSR count). The van der Waals surface area contributed by atoms with E-state index in [1.54, 1.807) is 30.5 Å². The molecule has 0 amide bonds. The van der Waals surface area contributed by atoms with Gasteiger partial charge in [0.25, 0.3) is 0 Å². The van der Waals surface area contributed by atoms with Gasteiger partial charge >= 0.3 is 5.97 Å². The fourth-order valence-corrected chi connectivity index (χ4v) is 3.86. The first kappa shape index (κ1) is 18.2. The number of hydrogen-bond donors (Lipinski definition) is 0. The molecule has 0 fully saturated rings. The molecular weight excluding hydrogens is 380 g/mol. The fraction of sp³-hybridized carbons (Fsp3) is 0.250. The van der Waals surface area contributed by atoms with Crippen molar-refractivity contribution in [3.63, 3.8) is 0 Å². The number of rotatable bonds is 5. The third kappa shape index (κ3) is 3.38. The van der Waals surface area contributed by atoms with Crippen molar-refractivity contribution in [1.82, 2.24) is 9.55 Å². The van der Waals surface area contributed by atoms with Gasteiger partial charge in [-0.1, -0.05) is 12.1 Å². The van der Waals surface area contributed by atoms with Crippen LogP contribution in [0.3, 0.4) is 0 Å². The van der Waals surface area contributed by atoms with Crippen LogP contribution in [0, 0.1) is 13.8 Å². The fourth-order valence-electron chi connectivity index (χ4n) is 3.11. The lowest BCUT2D eigenvalue weighted by Gasteiger charge is -2.24. The van der Waals surface area contributed by atoms with Crippen LogP contribution < -0.4 is 9.47 Å². The summed E-state index contributed by atoms with van der Waals surface area (Å²) in [6.07, 6.45) is 0.817. The maximum absolute atomic E-state index is 12.6. The van der Waals surface area contributed by atoms with E-state index in [9.17, 15) is 9.59 Å². The Morgan fingerprint density at radius 3 is 2.82 bits per heavy atom. The number of esters is 1. The van der Waals surface area contributed by atoms with E-state index in [1.165, 1.54) is 11.3 Å². The van der Waals surface area contributed by atoms with Gasteiger partial charge in [-0.15, -0.1) is 11.3 Å². The number of carbonyl (C=O) groups excluding carboxylic acids is 2. The quantitative estimate of drug-likeness (QED) is 0.485. The van der Waals surface area contributed by atoms with Crippen LogP contribution in [0.1, 0.15) is 21.7 Å². The molecule has 0 bridgehead atoms. The van der Waals surface area contributed by atoms with Crippen molar-refractivity contribution < 1.29 is 23.8 Å². The SMILES string of the molecule is Cc1cc(C(=O)COC(=O)C2COc3ccccc3O2)c(C)n1-c1nccs1. The first-order chi connectivity index (χ1) is 13.5. The van der Waals surface area contributed by atoms with Gasteiger partial charge < -0.3 is 14.2 Å². The summed E-state index contributed by atoms with van der Waals surface area (Å²) in [6.45, 7) is 3.44. The van der Waals surface area contributed by atoms with Gasteiger partial charge in [0.05, 0.1) is 0 Å². The second-order valence-corrected chi connectivity index (χ2v) is 7.20. The average molecular weight is 398 g/mol. The van der Waals surface area contributed by atoms with Crippen LogP contribution in [0.2, 0.25) is 0 Å². The number of Topliss-reactive ketones (excluding diaryl/α,β-unsaturated/α-hetero) is 1. The number of hydrogen-bond acceptors (Lipinski definition) is 7. The third-order valence-electron chi connectivity index (χ3n) is 4.46. The minimum absolute atomic E-state index is 0.0442. The summed E-state index contributed by atoms with van der Waals surface area (Å²) in [6, 6.07) is 8.87. The van der Waals surface area contributed by atoms with E-state index in [2.05, 4.69) is 4.98 Å². The molecule has 3 aromatic rings. The second-order valence-electron chi connectivity index (χ2n) is 6.33. The largest absolute Gasteiger partial charge is 0.485 e. The van der Waals surface area contributed by atoms with E-state index < -0.39 is 12.1 Å². The number of carbonyl (C=O) groups is 2. The molecule has 1 unspecified atom stereocenters. The highest BCUT2D eigenvalue weighted by Gasteiger charge is 2.29. The zero-order valence-corrected chi connectivity index (χ0v) is 16.2. The summed E-state index contributed by atoms with van der Waals surface area (Å²) in [5.74, 6) is 0.157. The maximum Gasteiger partial charge on any atom is 0.351 e. The highest BCUT2D eigenvalue weighted by Crippen LogP contribution is 2.31. The molecule has 7 nitrogen and oxygen atoms in total. The summed E-state index contributed by atoms with van der Waals surface area (Å²) in [7, 11) is 0. The monoisotopic (exact) mass is 398 g/mol. The molecule has 0 N–H and O–H groups in total. The van der Waals surface area contributed by atoms with Gasteiger partial charge in [0.2, 0.25) is 11.9 Å². The van der Waals surface area contributed by atoms with Gasteiger partial charge in [0.15, 0.2) is 23.2 Å². The van der Waals surface area contributed by atoms with Crippen molar-refractivity contribution in [2.24, 2.45) is 0 Å². The molecule has 0 saturated carbocycles. The number of aryl methyl sites for hydroxylation is 1. The smallest absolute Gasteiger partial charge is 0.351 e. The molecule has 0 aliphatic carbocycles. The number of nitrogens with zero attached hydrogens (tertiary/aromatic N) is 2. The minimum atomic E-state index is -0.898. The standard InChI is InChI=1S/C20H18N2O5S/c1-12-9-14(13(2)22(12)20-21-7-8-28-20)15(23)10-26-19(24)18-11-25-16-5-3-4-6-17(16)27-18/h3-9,18H,10-11H2,1-2H3. The molecule has 0 radical (unpaired) electrons.